The molecule has 0 aliphatic heterocycles. The van der Waals surface area contributed by atoms with Crippen LogP contribution >= 0.6 is 0 Å². The third kappa shape index (κ3) is 2.86. The van der Waals surface area contributed by atoms with Crippen molar-refractivity contribution in [3.8, 4) is 11.1 Å². The minimum Gasteiger partial charge on any atom is -0.465 e. The van der Waals surface area contributed by atoms with E-state index in [1.807, 2.05) is 32.0 Å². The highest BCUT2D eigenvalue weighted by Gasteiger charge is 2.14. The first-order valence-corrected chi connectivity index (χ1v) is 6.87. The first-order valence-electron chi connectivity index (χ1n) is 6.87. The Morgan fingerprint density at radius 3 is 1.91 bits per heavy atom. The summed E-state index contributed by atoms with van der Waals surface area (Å²) in [7, 11) is 2.73. The molecule has 0 bridgehead atoms. The maximum atomic E-state index is 11.7. The highest BCUT2D eigenvalue weighted by atomic mass is 16.5. The van der Waals surface area contributed by atoms with Crippen molar-refractivity contribution in [2.24, 2.45) is 0 Å². The highest BCUT2D eigenvalue weighted by Crippen LogP contribution is 2.28. The van der Waals surface area contributed by atoms with Crippen molar-refractivity contribution < 1.29 is 19.1 Å². The molecule has 4 nitrogen and oxygen atoms in total. The fourth-order valence-corrected chi connectivity index (χ4v) is 2.37. The fourth-order valence-electron chi connectivity index (χ4n) is 2.37. The van der Waals surface area contributed by atoms with Gasteiger partial charge in [0.25, 0.3) is 0 Å². The number of hydrogen-bond acceptors (Lipinski definition) is 4. The minimum absolute atomic E-state index is 0.340. The van der Waals surface area contributed by atoms with Crippen LogP contribution < -0.4 is 0 Å². The fraction of sp³-hybridized carbons (Fsp3) is 0.222. The number of ether oxygens (including phenoxy) is 2. The molecule has 114 valence electrons. The van der Waals surface area contributed by atoms with Crippen molar-refractivity contribution in [3.63, 3.8) is 0 Å². The molecule has 22 heavy (non-hydrogen) atoms. The van der Waals surface area contributed by atoms with Crippen molar-refractivity contribution in [1.82, 2.24) is 0 Å². The topological polar surface area (TPSA) is 52.6 Å². The Hall–Kier alpha value is -2.62. The number of carbonyl (C=O) groups excluding carboxylic acids is 2. The van der Waals surface area contributed by atoms with E-state index in [1.165, 1.54) is 14.2 Å². The highest BCUT2D eigenvalue weighted by molar-refractivity contribution is 5.93. The van der Waals surface area contributed by atoms with Crippen LogP contribution in [0, 0.1) is 13.8 Å². The third-order valence-corrected chi connectivity index (χ3v) is 3.81. The maximum Gasteiger partial charge on any atom is 0.338 e. The predicted octanol–water partition coefficient (Wildman–Crippen LogP) is 3.54. The molecule has 2 rings (SSSR count). The molecule has 0 saturated carbocycles. The Kier molecular flexibility index (Phi) is 4.61. The molecular weight excluding hydrogens is 280 g/mol. The molecule has 0 N–H and O–H groups in total. The van der Waals surface area contributed by atoms with E-state index < -0.39 is 0 Å². The largest absolute Gasteiger partial charge is 0.465 e. The quantitative estimate of drug-likeness (QED) is 0.813. The molecule has 0 atom stereocenters. The van der Waals surface area contributed by atoms with Crippen molar-refractivity contribution in [1.29, 1.82) is 0 Å². The van der Waals surface area contributed by atoms with Crippen LogP contribution in [0.25, 0.3) is 11.1 Å². The van der Waals surface area contributed by atoms with E-state index in [9.17, 15) is 9.59 Å². The van der Waals surface area contributed by atoms with Crippen molar-refractivity contribution in [2.45, 2.75) is 13.8 Å². The summed E-state index contributed by atoms with van der Waals surface area (Å²) in [6.07, 6.45) is 0. The zero-order valence-corrected chi connectivity index (χ0v) is 13.1. The Balaban J connectivity index is 2.43. The number of rotatable bonds is 3. The summed E-state index contributed by atoms with van der Waals surface area (Å²) in [4.78, 5) is 23.2. The van der Waals surface area contributed by atoms with Gasteiger partial charge in [0.1, 0.15) is 0 Å². The molecule has 0 aliphatic rings. The number of carbonyl (C=O) groups is 2. The molecule has 0 radical (unpaired) electrons. The van der Waals surface area contributed by atoms with E-state index in [0.29, 0.717) is 11.1 Å². The van der Waals surface area contributed by atoms with E-state index in [4.69, 9.17) is 4.74 Å². The van der Waals surface area contributed by atoms with Crippen LogP contribution in [0.5, 0.6) is 0 Å². The number of esters is 2. The zero-order chi connectivity index (χ0) is 16.3. The minimum atomic E-state index is -0.361. The molecule has 0 fully saturated rings. The van der Waals surface area contributed by atoms with E-state index >= 15 is 0 Å². The number of methoxy groups -OCH3 is 2. The van der Waals surface area contributed by atoms with Crippen LogP contribution in [0.3, 0.4) is 0 Å². The van der Waals surface area contributed by atoms with E-state index in [0.717, 1.165) is 22.3 Å². The number of hydrogen-bond donors (Lipinski definition) is 0. The number of benzene rings is 2. The monoisotopic (exact) mass is 298 g/mol. The van der Waals surface area contributed by atoms with Gasteiger partial charge in [-0.05, 0) is 54.3 Å². The first kappa shape index (κ1) is 15.8. The summed E-state index contributed by atoms with van der Waals surface area (Å²) in [6.45, 7) is 3.86. The second-order valence-corrected chi connectivity index (χ2v) is 4.97. The van der Waals surface area contributed by atoms with Gasteiger partial charge >= 0.3 is 11.9 Å². The molecule has 0 heterocycles. The van der Waals surface area contributed by atoms with Gasteiger partial charge in [0.2, 0.25) is 0 Å². The van der Waals surface area contributed by atoms with Gasteiger partial charge in [-0.15, -0.1) is 0 Å². The summed E-state index contributed by atoms with van der Waals surface area (Å²) >= 11 is 0. The average molecular weight is 298 g/mol. The lowest BCUT2D eigenvalue weighted by Gasteiger charge is -2.13. The van der Waals surface area contributed by atoms with Crippen molar-refractivity contribution in [2.75, 3.05) is 14.2 Å². The van der Waals surface area contributed by atoms with Crippen molar-refractivity contribution >= 4 is 11.9 Å². The van der Waals surface area contributed by atoms with Crippen molar-refractivity contribution in [3.05, 3.63) is 58.7 Å². The summed E-state index contributed by atoms with van der Waals surface area (Å²) in [5.74, 6) is -0.700. The predicted molar refractivity (Wildman–Crippen MR) is 84.0 cm³/mol. The van der Waals surface area contributed by atoms with Gasteiger partial charge in [-0.3, -0.25) is 0 Å². The molecule has 0 spiro atoms. The third-order valence-electron chi connectivity index (χ3n) is 3.81. The normalized spacial score (nSPS) is 10.2. The van der Waals surface area contributed by atoms with Crippen LogP contribution in [0.2, 0.25) is 0 Å². The van der Waals surface area contributed by atoms with E-state index in [1.54, 1.807) is 18.2 Å². The van der Waals surface area contributed by atoms with Crippen LogP contribution in [-0.2, 0) is 9.47 Å². The molecule has 2 aromatic rings. The summed E-state index contributed by atoms with van der Waals surface area (Å²) in [6, 6.07) is 10.8. The second-order valence-electron chi connectivity index (χ2n) is 4.97. The smallest absolute Gasteiger partial charge is 0.338 e. The zero-order valence-electron chi connectivity index (χ0n) is 13.1. The van der Waals surface area contributed by atoms with Crippen LogP contribution in [0.1, 0.15) is 31.8 Å². The van der Waals surface area contributed by atoms with E-state index in [2.05, 4.69) is 4.74 Å². The molecule has 0 amide bonds. The van der Waals surface area contributed by atoms with Gasteiger partial charge in [0, 0.05) is 0 Å². The summed E-state index contributed by atoms with van der Waals surface area (Å²) in [5.41, 5.74) is 4.96. The van der Waals surface area contributed by atoms with Gasteiger partial charge in [-0.2, -0.15) is 0 Å². The molecule has 4 heteroatoms. The second kappa shape index (κ2) is 6.43. The lowest BCUT2D eigenvalue weighted by atomic mass is 9.93. The Morgan fingerprint density at radius 1 is 0.773 bits per heavy atom. The SMILES string of the molecule is COC(=O)c1ccc(-c2ccc(C(=O)OC)c(C)c2C)cc1. The van der Waals surface area contributed by atoms with E-state index in [-0.39, 0.29) is 11.9 Å². The van der Waals surface area contributed by atoms with Gasteiger partial charge in [-0.25, -0.2) is 9.59 Å². The Morgan fingerprint density at radius 2 is 1.36 bits per heavy atom. The standard InChI is InChI=1S/C18H18O4/c1-11-12(2)16(18(20)22-4)10-9-15(11)13-5-7-14(8-6-13)17(19)21-3/h5-10H,1-4H3. The summed E-state index contributed by atoms with van der Waals surface area (Å²) in [5, 5.41) is 0. The Bertz CT molecular complexity index is 715. The molecule has 2 aromatic carbocycles. The lowest BCUT2D eigenvalue weighted by molar-refractivity contribution is 0.0591. The molecule has 0 aliphatic carbocycles. The maximum absolute atomic E-state index is 11.7. The first-order chi connectivity index (χ1) is 10.5. The summed E-state index contributed by atoms with van der Waals surface area (Å²) < 4.78 is 9.47. The van der Waals surface area contributed by atoms with Gasteiger partial charge in [0.05, 0.1) is 25.3 Å². The van der Waals surface area contributed by atoms with Crippen LogP contribution in [-0.4, -0.2) is 26.2 Å². The van der Waals surface area contributed by atoms with Gasteiger partial charge < -0.3 is 9.47 Å². The lowest BCUT2D eigenvalue weighted by Crippen LogP contribution is -2.05. The molecule has 0 unspecified atom stereocenters. The average Bonchev–Trinajstić information content (AvgIpc) is 2.56. The van der Waals surface area contributed by atoms with Crippen LogP contribution in [0.15, 0.2) is 36.4 Å². The Labute approximate surface area is 129 Å². The molecule has 0 saturated heterocycles. The molecule has 0 aromatic heterocycles. The van der Waals surface area contributed by atoms with Gasteiger partial charge in [-0.1, -0.05) is 18.2 Å². The molecular formula is C18H18O4. The van der Waals surface area contributed by atoms with Crippen LogP contribution in [0.4, 0.5) is 0 Å². The van der Waals surface area contributed by atoms with Gasteiger partial charge in [0.15, 0.2) is 0 Å².